The highest BCUT2D eigenvalue weighted by atomic mass is 35.5. The van der Waals surface area contributed by atoms with E-state index >= 15 is 0 Å². The van der Waals surface area contributed by atoms with Crippen molar-refractivity contribution in [3.05, 3.63) is 11.6 Å². The zero-order chi connectivity index (χ0) is 16.8. The second kappa shape index (κ2) is 6.95. The highest BCUT2D eigenvalue weighted by Crippen LogP contribution is 2.52. The first-order valence-corrected chi connectivity index (χ1v) is 10.6. The molecule has 2 rings (SSSR count). The third-order valence-corrected chi connectivity index (χ3v) is 9.64. The lowest BCUT2D eigenvalue weighted by Crippen LogP contribution is -2.43. The number of halogens is 1. The minimum absolute atomic E-state index is 0. The van der Waals surface area contributed by atoms with Gasteiger partial charge in [-0.15, -0.1) is 23.7 Å². The van der Waals surface area contributed by atoms with Gasteiger partial charge in [0.2, 0.25) is 10.0 Å². The first-order chi connectivity index (χ1) is 10.1. The molecule has 1 aliphatic heterocycles. The zero-order valence-corrected chi connectivity index (χ0v) is 16.3. The first kappa shape index (κ1) is 20.8. The standard InChI is InChI=1S/C12H20N2O5S3.ClH/c1-4-14-10-8-7-9(22(13,17)18)20-11(8)21(15,16)12(10,2)5-6-19-3;/h7,10,14H,4-6H2,1-3H3,(H2,13,17,18);1H. The van der Waals surface area contributed by atoms with Gasteiger partial charge in [-0.05, 0) is 26.0 Å². The van der Waals surface area contributed by atoms with Crippen LogP contribution in [0.15, 0.2) is 14.5 Å². The van der Waals surface area contributed by atoms with Gasteiger partial charge in [0.15, 0.2) is 9.84 Å². The van der Waals surface area contributed by atoms with Gasteiger partial charge in [0, 0.05) is 19.3 Å². The number of sulfone groups is 1. The van der Waals surface area contributed by atoms with Gasteiger partial charge in [0.25, 0.3) is 0 Å². The van der Waals surface area contributed by atoms with Crippen LogP contribution in [-0.2, 0) is 24.6 Å². The van der Waals surface area contributed by atoms with E-state index in [4.69, 9.17) is 9.88 Å². The maximum atomic E-state index is 12.9. The fourth-order valence-corrected chi connectivity index (χ4v) is 7.62. The Morgan fingerprint density at radius 2 is 2.09 bits per heavy atom. The van der Waals surface area contributed by atoms with Crippen LogP contribution >= 0.6 is 23.7 Å². The van der Waals surface area contributed by atoms with Gasteiger partial charge in [-0.25, -0.2) is 22.0 Å². The molecule has 0 bridgehead atoms. The number of primary sulfonamides is 1. The quantitative estimate of drug-likeness (QED) is 0.732. The molecule has 2 unspecified atom stereocenters. The van der Waals surface area contributed by atoms with E-state index in [1.165, 1.54) is 13.2 Å². The molecule has 134 valence electrons. The number of thiophene rings is 1. The van der Waals surface area contributed by atoms with Crippen LogP contribution in [0.3, 0.4) is 0 Å². The van der Waals surface area contributed by atoms with E-state index in [1.807, 2.05) is 6.92 Å². The summed E-state index contributed by atoms with van der Waals surface area (Å²) in [5.74, 6) is 0. The Morgan fingerprint density at radius 1 is 1.48 bits per heavy atom. The third-order valence-electron chi connectivity index (χ3n) is 3.97. The minimum Gasteiger partial charge on any atom is -0.385 e. The van der Waals surface area contributed by atoms with Crippen molar-refractivity contribution in [2.45, 2.75) is 39.5 Å². The highest BCUT2D eigenvalue weighted by Gasteiger charge is 2.56. The summed E-state index contributed by atoms with van der Waals surface area (Å²) in [7, 11) is -6.08. The van der Waals surface area contributed by atoms with Crippen molar-refractivity contribution in [1.29, 1.82) is 0 Å². The summed E-state index contributed by atoms with van der Waals surface area (Å²) in [6.07, 6.45) is 0.315. The maximum Gasteiger partial charge on any atom is 0.247 e. The number of sulfonamides is 1. The third kappa shape index (κ3) is 3.30. The number of ether oxygens (including phenoxy) is 1. The maximum absolute atomic E-state index is 12.9. The molecule has 0 amide bonds. The molecule has 23 heavy (non-hydrogen) atoms. The molecule has 0 aromatic carbocycles. The van der Waals surface area contributed by atoms with E-state index in [9.17, 15) is 16.8 Å². The van der Waals surface area contributed by atoms with Gasteiger partial charge in [0.1, 0.15) is 8.42 Å². The van der Waals surface area contributed by atoms with Crippen LogP contribution in [0, 0.1) is 0 Å². The molecule has 1 aromatic rings. The number of methoxy groups -OCH3 is 1. The van der Waals surface area contributed by atoms with E-state index in [1.54, 1.807) is 6.92 Å². The number of nitrogens with one attached hydrogen (secondary N) is 1. The van der Waals surface area contributed by atoms with Gasteiger partial charge in [-0.2, -0.15) is 0 Å². The van der Waals surface area contributed by atoms with Gasteiger partial charge < -0.3 is 10.1 Å². The Kier molecular flexibility index (Phi) is 6.29. The van der Waals surface area contributed by atoms with Crippen molar-refractivity contribution < 1.29 is 21.6 Å². The van der Waals surface area contributed by atoms with Crippen LogP contribution in [0.4, 0.5) is 0 Å². The predicted octanol–water partition coefficient (Wildman–Crippen LogP) is 1.05. The monoisotopic (exact) mass is 404 g/mol. The fourth-order valence-electron chi connectivity index (χ4n) is 2.73. The molecular weight excluding hydrogens is 384 g/mol. The number of nitrogens with two attached hydrogens (primary N) is 1. The van der Waals surface area contributed by atoms with Crippen LogP contribution in [0.25, 0.3) is 0 Å². The number of hydrogen-bond acceptors (Lipinski definition) is 7. The van der Waals surface area contributed by atoms with Crippen molar-refractivity contribution in [3.8, 4) is 0 Å². The van der Waals surface area contributed by atoms with Crippen molar-refractivity contribution in [2.24, 2.45) is 5.14 Å². The first-order valence-electron chi connectivity index (χ1n) is 6.73. The smallest absolute Gasteiger partial charge is 0.247 e. The van der Waals surface area contributed by atoms with Crippen LogP contribution in [-0.4, -0.2) is 41.8 Å². The summed E-state index contributed by atoms with van der Waals surface area (Å²) in [5.41, 5.74) is 0.481. The van der Waals surface area contributed by atoms with Gasteiger partial charge in [0.05, 0.1) is 10.8 Å². The average molecular weight is 405 g/mol. The topological polar surface area (TPSA) is 116 Å². The van der Waals surface area contributed by atoms with Crippen molar-refractivity contribution >= 4 is 43.6 Å². The Labute approximate surface area is 147 Å². The summed E-state index contributed by atoms with van der Waals surface area (Å²) in [4.78, 5) is 0. The Hall–Kier alpha value is -0.230. The molecule has 7 nitrogen and oxygen atoms in total. The second-order valence-electron chi connectivity index (χ2n) is 5.40. The summed E-state index contributed by atoms with van der Waals surface area (Å²) in [5, 5.41) is 8.28. The lowest BCUT2D eigenvalue weighted by atomic mass is 9.93. The largest absolute Gasteiger partial charge is 0.385 e. The summed E-state index contributed by atoms with van der Waals surface area (Å²) >= 11 is 0.719. The zero-order valence-electron chi connectivity index (χ0n) is 13.0. The normalized spacial score (nSPS) is 25.8. The molecule has 0 aliphatic carbocycles. The van der Waals surface area contributed by atoms with E-state index in [0.717, 1.165) is 11.3 Å². The molecule has 0 saturated heterocycles. The lowest BCUT2D eigenvalue weighted by Gasteiger charge is -2.31. The van der Waals surface area contributed by atoms with Crippen molar-refractivity contribution in [3.63, 3.8) is 0 Å². The van der Waals surface area contributed by atoms with Gasteiger partial charge in [-0.3, -0.25) is 0 Å². The van der Waals surface area contributed by atoms with E-state index in [-0.39, 0.29) is 20.8 Å². The highest BCUT2D eigenvalue weighted by molar-refractivity contribution is 7.96. The molecule has 11 heteroatoms. The van der Waals surface area contributed by atoms with Crippen LogP contribution in [0.5, 0.6) is 0 Å². The predicted molar refractivity (Wildman–Crippen MR) is 91.4 cm³/mol. The van der Waals surface area contributed by atoms with E-state index in [0.29, 0.717) is 25.1 Å². The van der Waals surface area contributed by atoms with Gasteiger partial charge in [-0.1, -0.05) is 6.92 Å². The fraction of sp³-hybridized carbons (Fsp3) is 0.667. The minimum atomic E-state index is -3.92. The average Bonchev–Trinajstić information content (AvgIpc) is 2.91. The molecule has 1 aromatic heterocycles. The molecule has 0 fully saturated rings. The van der Waals surface area contributed by atoms with E-state index < -0.39 is 30.6 Å². The Bertz CT molecular complexity index is 775. The van der Waals surface area contributed by atoms with Crippen LogP contribution < -0.4 is 10.5 Å². The molecule has 1 aliphatic rings. The molecule has 0 spiro atoms. The SMILES string of the molecule is CCNC1c2cc(S(N)(=O)=O)sc2S(=O)(=O)C1(C)CCOC.Cl. The Balaban J connectivity index is 0.00000264. The summed E-state index contributed by atoms with van der Waals surface area (Å²) in [6.45, 7) is 4.39. The van der Waals surface area contributed by atoms with Crippen molar-refractivity contribution in [1.82, 2.24) is 5.32 Å². The number of rotatable bonds is 6. The Morgan fingerprint density at radius 3 is 2.57 bits per heavy atom. The number of fused-ring (bicyclic) bond motifs is 1. The molecule has 2 heterocycles. The number of hydrogen-bond donors (Lipinski definition) is 2. The molecule has 0 saturated carbocycles. The van der Waals surface area contributed by atoms with Crippen molar-refractivity contribution in [2.75, 3.05) is 20.3 Å². The molecule has 3 N–H and O–H groups in total. The second-order valence-corrected chi connectivity index (χ2v) is 10.8. The van der Waals surface area contributed by atoms with E-state index in [2.05, 4.69) is 5.32 Å². The lowest BCUT2D eigenvalue weighted by molar-refractivity contribution is 0.177. The summed E-state index contributed by atoms with van der Waals surface area (Å²) in [6, 6.07) is 0.887. The molecule has 2 atom stereocenters. The summed E-state index contributed by atoms with van der Waals surface area (Å²) < 4.78 is 52.8. The van der Waals surface area contributed by atoms with Crippen LogP contribution in [0.2, 0.25) is 0 Å². The molecular formula is C12H21ClN2O5S3. The van der Waals surface area contributed by atoms with Crippen LogP contribution in [0.1, 0.15) is 31.9 Å². The molecule has 0 radical (unpaired) electrons. The van der Waals surface area contributed by atoms with Gasteiger partial charge >= 0.3 is 0 Å².